The summed E-state index contributed by atoms with van der Waals surface area (Å²) < 4.78 is 0. The Labute approximate surface area is 169 Å². The van der Waals surface area contributed by atoms with Crippen molar-refractivity contribution in [2.24, 2.45) is 0 Å². The number of likely N-dealkylation sites (tertiary alicyclic amines) is 1. The molecule has 28 heavy (non-hydrogen) atoms. The van der Waals surface area contributed by atoms with Gasteiger partial charge in [0.1, 0.15) is 0 Å². The fourth-order valence-corrected chi connectivity index (χ4v) is 3.13. The summed E-state index contributed by atoms with van der Waals surface area (Å²) in [6.45, 7) is 4.35. The van der Waals surface area contributed by atoms with Crippen LogP contribution in [0.4, 0.5) is 0 Å². The molecule has 150 valence electrons. The highest BCUT2D eigenvalue weighted by molar-refractivity contribution is 6.30. The van der Waals surface area contributed by atoms with Crippen LogP contribution in [0.2, 0.25) is 5.02 Å². The summed E-state index contributed by atoms with van der Waals surface area (Å²) in [6, 6.07) is 19.5. The van der Waals surface area contributed by atoms with Crippen molar-refractivity contribution in [3.05, 3.63) is 70.7 Å². The molecule has 1 saturated heterocycles. The molecule has 2 aromatic rings. The second-order valence-corrected chi connectivity index (χ2v) is 7.09. The molecule has 1 heterocycles. The predicted octanol–water partition coefficient (Wildman–Crippen LogP) is 3.25. The molecule has 0 atom stereocenters. The summed E-state index contributed by atoms with van der Waals surface area (Å²) in [7, 11) is 0. The number of nitrogens with one attached hydrogen (secondary N) is 1. The molecule has 0 spiro atoms. The van der Waals surface area contributed by atoms with E-state index < -0.39 is 11.9 Å². The molecule has 2 aromatic carbocycles. The summed E-state index contributed by atoms with van der Waals surface area (Å²) in [6.07, 6.45) is 2.45. The van der Waals surface area contributed by atoms with E-state index in [9.17, 15) is 0 Å². The van der Waals surface area contributed by atoms with E-state index in [-0.39, 0.29) is 0 Å². The number of hydrogen-bond donors (Lipinski definition) is 3. The normalized spacial score (nSPS) is 14.8. The lowest BCUT2D eigenvalue weighted by Crippen LogP contribution is -2.41. The SMILES string of the molecule is Clc1ccc(CNC2CCN(Cc3ccccc3)CC2)cc1.O=C(O)C(=O)O. The van der Waals surface area contributed by atoms with Gasteiger partial charge in [0, 0.05) is 24.2 Å². The second kappa shape index (κ2) is 11.4. The minimum absolute atomic E-state index is 0.628. The van der Waals surface area contributed by atoms with Crippen molar-refractivity contribution < 1.29 is 19.8 Å². The van der Waals surface area contributed by atoms with Gasteiger partial charge in [-0.25, -0.2) is 9.59 Å². The van der Waals surface area contributed by atoms with Crippen molar-refractivity contribution in [3.8, 4) is 0 Å². The van der Waals surface area contributed by atoms with E-state index in [4.69, 9.17) is 31.4 Å². The number of nitrogens with zero attached hydrogens (tertiary/aromatic N) is 1. The van der Waals surface area contributed by atoms with Gasteiger partial charge in [-0.05, 0) is 49.2 Å². The number of benzene rings is 2. The van der Waals surface area contributed by atoms with Gasteiger partial charge in [0.2, 0.25) is 0 Å². The van der Waals surface area contributed by atoms with E-state index in [1.165, 1.54) is 37.1 Å². The molecule has 0 aliphatic carbocycles. The number of carboxylic acids is 2. The van der Waals surface area contributed by atoms with Gasteiger partial charge >= 0.3 is 11.9 Å². The average Bonchev–Trinajstić information content (AvgIpc) is 2.70. The topological polar surface area (TPSA) is 89.9 Å². The Balaban J connectivity index is 0.000000409. The summed E-state index contributed by atoms with van der Waals surface area (Å²) in [5.74, 6) is -3.65. The van der Waals surface area contributed by atoms with Crippen LogP contribution >= 0.6 is 11.6 Å². The minimum atomic E-state index is -1.82. The van der Waals surface area contributed by atoms with Crippen LogP contribution in [0.15, 0.2) is 54.6 Å². The highest BCUT2D eigenvalue weighted by Gasteiger charge is 2.18. The maximum Gasteiger partial charge on any atom is 0.414 e. The molecule has 3 N–H and O–H groups in total. The molecule has 1 aliphatic rings. The number of hydrogen-bond acceptors (Lipinski definition) is 4. The molecule has 0 amide bonds. The molecule has 3 rings (SSSR count). The number of carboxylic acid groups (broad SMARTS) is 2. The standard InChI is InChI=1S/C19H23ClN2.C2H2O4/c20-18-8-6-16(7-9-18)14-21-19-10-12-22(13-11-19)15-17-4-2-1-3-5-17;3-1(4)2(5)6/h1-9,19,21H,10-15H2;(H,3,4)(H,5,6). The zero-order valence-corrected chi connectivity index (χ0v) is 16.3. The third-order valence-corrected chi connectivity index (χ3v) is 4.78. The van der Waals surface area contributed by atoms with Crippen LogP contribution in [0, 0.1) is 0 Å². The first kappa shape index (κ1) is 21.9. The van der Waals surface area contributed by atoms with Crippen molar-refractivity contribution in [1.82, 2.24) is 10.2 Å². The van der Waals surface area contributed by atoms with Crippen molar-refractivity contribution in [2.75, 3.05) is 13.1 Å². The van der Waals surface area contributed by atoms with Gasteiger partial charge in [0.15, 0.2) is 0 Å². The molecular weight excluding hydrogens is 380 g/mol. The van der Waals surface area contributed by atoms with Crippen LogP contribution < -0.4 is 5.32 Å². The molecule has 0 unspecified atom stereocenters. The second-order valence-electron chi connectivity index (χ2n) is 6.65. The molecule has 0 aromatic heterocycles. The summed E-state index contributed by atoms with van der Waals surface area (Å²) in [5.41, 5.74) is 2.71. The quantitative estimate of drug-likeness (QED) is 0.663. The lowest BCUT2D eigenvalue weighted by molar-refractivity contribution is -0.159. The van der Waals surface area contributed by atoms with Gasteiger partial charge in [-0.3, -0.25) is 4.90 Å². The Kier molecular flexibility index (Phi) is 8.94. The highest BCUT2D eigenvalue weighted by atomic mass is 35.5. The molecule has 0 saturated carbocycles. The third-order valence-electron chi connectivity index (χ3n) is 4.53. The number of halogens is 1. The predicted molar refractivity (Wildman–Crippen MR) is 108 cm³/mol. The Morgan fingerprint density at radius 1 is 0.929 bits per heavy atom. The van der Waals surface area contributed by atoms with Crippen molar-refractivity contribution in [3.63, 3.8) is 0 Å². The maximum absolute atomic E-state index is 9.10. The van der Waals surface area contributed by atoms with E-state index in [1.54, 1.807) is 0 Å². The van der Waals surface area contributed by atoms with Crippen LogP contribution in [0.3, 0.4) is 0 Å². The molecule has 1 aliphatic heterocycles. The number of piperidine rings is 1. The summed E-state index contributed by atoms with van der Waals surface area (Å²) in [4.78, 5) is 20.8. The molecule has 0 radical (unpaired) electrons. The van der Waals surface area contributed by atoms with E-state index >= 15 is 0 Å². The molecular formula is C21H25ClN2O4. The summed E-state index contributed by atoms with van der Waals surface area (Å²) >= 11 is 5.92. The number of rotatable bonds is 5. The lowest BCUT2D eigenvalue weighted by atomic mass is 10.0. The third kappa shape index (κ3) is 8.08. The van der Waals surface area contributed by atoms with Gasteiger partial charge in [0.05, 0.1) is 0 Å². The minimum Gasteiger partial charge on any atom is -0.473 e. The molecule has 1 fully saturated rings. The number of aliphatic carboxylic acids is 2. The first-order valence-corrected chi connectivity index (χ1v) is 9.52. The van der Waals surface area contributed by atoms with Crippen LogP contribution in [0.1, 0.15) is 24.0 Å². The van der Waals surface area contributed by atoms with E-state index in [1.807, 2.05) is 12.1 Å². The average molecular weight is 405 g/mol. The highest BCUT2D eigenvalue weighted by Crippen LogP contribution is 2.15. The van der Waals surface area contributed by atoms with Gasteiger partial charge in [-0.15, -0.1) is 0 Å². The van der Waals surface area contributed by atoms with Crippen molar-refractivity contribution in [1.29, 1.82) is 0 Å². The fraction of sp³-hybridized carbons (Fsp3) is 0.333. The van der Waals surface area contributed by atoms with Crippen LogP contribution in [0.25, 0.3) is 0 Å². The zero-order valence-electron chi connectivity index (χ0n) is 15.6. The van der Waals surface area contributed by atoms with Crippen molar-refractivity contribution in [2.45, 2.75) is 32.0 Å². The molecule has 0 bridgehead atoms. The van der Waals surface area contributed by atoms with Crippen molar-refractivity contribution >= 4 is 23.5 Å². The summed E-state index contributed by atoms with van der Waals surface area (Å²) in [5, 5.41) is 19.3. The van der Waals surface area contributed by atoms with Crippen LogP contribution in [-0.4, -0.2) is 46.2 Å². The monoisotopic (exact) mass is 404 g/mol. The maximum atomic E-state index is 9.10. The molecule has 7 heteroatoms. The Morgan fingerprint density at radius 3 is 2.04 bits per heavy atom. The largest absolute Gasteiger partial charge is 0.473 e. The first-order valence-electron chi connectivity index (χ1n) is 9.14. The Hall–Kier alpha value is -2.41. The van der Waals surface area contributed by atoms with Gasteiger partial charge in [-0.1, -0.05) is 54.1 Å². The molecule has 6 nitrogen and oxygen atoms in total. The lowest BCUT2D eigenvalue weighted by Gasteiger charge is -2.32. The Bertz CT molecular complexity index is 733. The van der Waals surface area contributed by atoms with Crippen LogP contribution in [0.5, 0.6) is 0 Å². The van der Waals surface area contributed by atoms with Gasteiger partial charge < -0.3 is 15.5 Å². The van der Waals surface area contributed by atoms with Gasteiger partial charge in [0.25, 0.3) is 0 Å². The number of carbonyl (C=O) groups is 2. The van der Waals surface area contributed by atoms with E-state index in [2.05, 4.69) is 52.7 Å². The van der Waals surface area contributed by atoms with E-state index in [0.717, 1.165) is 18.1 Å². The Morgan fingerprint density at radius 2 is 1.50 bits per heavy atom. The van der Waals surface area contributed by atoms with Gasteiger partial charge in [-0.2, -0.15) is 0 Å². The van der Waals surface area contributed by atoms with Crippen LogP contribution in [-0.2, 0) is 22.7 Å². The van der Waals surface area contributed by atoms with E-state index in [0.29, 0.717) is 6.04 Å². The smallest absolute Gasteiger partial charge is 0.414 e. The fourth-order valence-electron chi connectivity index (χ4n) is 3.00. The zero-order chi connectivity index (χ0) is 20.4. The first-order chi connectivity index (χ1) is 13.4.